The molecule has 2 fully saturated rings. The van der Waals surface area contributed by atoms with Gasteiger partial charge in [0.05, 0.1) is 12.6 Å². The van der Waals surface area contributed by atoms with Gasteiger partial charge in [0.1, 0.15) is 5.82 Å². The highest BCUT2D eigenvalue weighted by molar-refractivity contribution is 5.85. The molecule has 2 N–H and O–H groups in total. The normalized spacial score (nSPS) is 23.1. The summed E-state index contributed by atoms with van der Waals surface area (Å²) < 4.78 is 26.2. The Morgan fingerprint density at radius 2 is 2.00 bits per heavy atom. The molecule has 136 valence electrons. The molecule has 24 heavy (non-hydrogen) atoms. The van der Waals surface area contributed by atoms with E-state index in [2.05, 4.69) is 20.5 Å². The lowest BCUT2D eigenvalue weighted by Gasteiger charge is -2.33. The number of piperidine rings is 1. The maximum atomic E-state index is 13.1. The van der Waals surface area contributed by atoms with Gasteiger partial charge in [-0.2, -0.15) is 0 Å². The fourth-order valence-electron chi connectivity index (χ4n) is 3.00. The van der Waals surface area contributed by atoms with Gasteiger partial charge < -0.3 is 10.2 Å². The highest BCUT2D eigenvalue weighted by Crippen LogP contribution is 2.25. The lowest BCUT2D eigenvalue weighted by molar-refractivity contribution is -0.124. The molecule has 1 aromatic heterocycles. The number of pyridine rings is 1. The van der Waals surface area contributed by atoms with Gasteiger partial charge in [0.2, 0.25) is 5.91 Å². The molecule has 0 radical (unpaired) electrons. The van der Waals surface area contributed by atoms with Crippen molar-refractivity contribution in [2.24, 2.45) is 0 Å². The second-order valence-electron chi connectivity index (χ2n) is 5.95. The van der Waals surface area contributed by atoms with Gasteiger partial charge in [-0.05, 0) is 25.0 Å². The molecule has 1 unspecified atom stereocenters. The summed E-state index contributed by atoms with van der Waals surface area (Å²) in [6.45, 7) is 1.19. The number of amides is 1. The molecule has 2 saturated heterocycles. The van der Waals surface area contributed by atoms with Crippen molar-refractivity contribution in [2.75, 3.05) is 24.5 Å². The summed E-state index contributed by atoms with van der Waals surface area (Å²) in [6.07, 6.45) is 2.94. The van der Waals surface area contributed by atoms with Crippen LogP contribution in [0.25, 0.3) is 0 Å². The van der Waals surface area contributed by atoms with Crippen molar-refractivity contribution < 1.29 is 13.6 Å². The first-order valence-electron chi connectivity index (χ1n) is 7.61. The van der Waals surface area contributed by atoms with E-state index in [4.69, 9.17) is 0 Å². The monoisotopic (exact) mass is 382 g/mol. The second kappa shape index (κ2) is 8.78. The summed E-state index contributed by atoms with van der Waals surface area (Å²) in [7, 11) is 0. The molecule has 1 atom stereocenters. The molecule has 0 aliphatic carbocycles. The van der Waals surface area contributed by atoms with Crippen molar-refractivity contribution in [1.29, 1.82) is 0 Å². The lowest BCUT2D eigenvalue weighted by Crippen LogP contribution is -2.49. The molecule has 0 spiro atoms. The number of anilines is 1. The van der Waals surface area contributed by atoms with Crippen molar-refractivity contribution in [3.05, 3.63) is 24.4 Å². The molecule has 3 heterocycles. The largest absolute Gasteiger partial charge is 0.356 e. The van der Waals surface area contributed by atoms with Crippen LogP contribution in [0.15, 0.2) is 24.4 Å². The summed E-state index contributed by atoms with van der Waals surface area (Å²) in [5, 5.41) is 5.48. The first-order chi connectivity index (χ1) is 10.5. The van der Waals surface area contributed by atoms with E-state index in [0.717, 1.165) is 31.7 Å². The van der Waals surface area contributed by atoms with Gasteiger partial charge in [-0.1, -0.05) is 6.07 Å². The zero-order chi connectivity index (χ0) is 15.6. The van der Waals surface area contributed by atoms with E-state index in [1.165, 1.54) is 0 Å². The number of aromatic nitrogens is 1. The smallest absolute Gasteiger partial charge is 0.262 e. The maximum absolute atomic E-state index is 13.1. The van der Waals surface area contributed by atoms with Crippen LogP contribution in [0.3, 0.4) is 0 Å². The van der Waals surface area contributed by atoms with Crippen LogP contribution in [0.4, 0.5) is 14.6 Å². The molecule has 5 nitrogen and oxygen atoms in total. The Kier molecular flexibility index (Phi) is 7.63. The first kappa shape index (κ1) is 20.9. The van der Waals surface area contributed by atoms with Gasteiger partial charge in [0, 0.05) is 31.7 Å². The minimum atomic E-state index is -2.77. The third-order valence-corrected chi connectivity index (χ3v) is 4.24. The van der Waals surface area contributed by atoms with Crippen LogP contribution in [-0.4, -0.2) is 48.5 Å². The van der Waals surface area contributed by atoms with E-state index in [0.29, 0.717) is 0 Å². The topological polar surface area (TPSA) is 57.3 Å². The average Bonchev–Trinajstić information content (AvgIpc) is 2.89. The number of nitrogens with one attached hydrogen (secondary N) is 2. The van der Waals surface area contributed by atoms with Crippen molar-refractivity contribution in [1.82, 2.24) is 15.6 Å². The quantitative estimate of drug-likeness (QED) is 0.839. The number of alkyl halides is 2. The molecule has 0 aromatic carbocycles. The Morgan fingerprint density at radius 1 is 1.29 bits per heavy atom. The predicted molar refractivity (Wildman–Crippen MR) is 93.5 cm³/mol. The second-order valence-corrected chi connectivity index (χ2v) is 5.95. The number of hydrogen-bond donors (Lipinski definition) is 2. The van der Waals surface area contributed by atoms with Gasteiger partial charge in [0.15, 0.2) is 0 Å². The van der Waals surface area contributed by atoms with E-state index in [9.17, 15) is 13.6 Å². The van der Waals surface area contributed by atoms with Crippen LogP contribution in [0.5, 0.6) is 0 Å². The Hall–Kier alpha value is -1.18. The third kappa shape index (κ3) is 5.16. The van der Waals surface area contributed by atoms with Crippen LogP contribution >= 0.6 is 24.8 Å². The van der Waals surface area contributed by atoms with Crippen LogP contribution in [-0.2, 0) is 4.79 Å². The molecule has 2 aliphatic heterocycles. The number of halogens is 4. The van der Waals surface area contributed by atoms with Gasteiger partial charge in [-0.15, -0.1) is 24.8 Å². The SMILES string of the molecule is Cl.Cl.O=C(NC1CCN(c2ccccn2)CC1)C1CC(F)(F)CN1. The molecule has 3 rings (SSSR count). The van der Waals surface area contributed by atoms with E-state index >= 15 is 0 Å². The van der Waals surface area contributed by atoms with Gasteiger partial charge >= 0.3 is 0 Å². The number of carbonyl (C=O) groups is 1. The number of hydrogen-bond acceptors (Lipinski definition) is 4. The van der Waals surface area contributed by atoms with Crippen molar-refractivity contribution in [2.45, 2.75) is 37.3 Å². The highest BCUT2D eigenvalue weighted by atomic mass is 35.5. The standard InChI is InChI=1S/C15H20F2N4O.2ClH/c16-15(17)9-12(19-10-15)14(22)20-11-4-7-21(8-5-11)13-3-1-2-6-18-13;;/h1-3,6,11-12,19H,4-5,7-10H2,(H,20,22);2*1H. The highest BCUT2D eigenvalue weighted by Gasteiger charge is 2.42. The fourth-order valence-corrected chi connectivity index (χ4v) is 3.00. The van der Waals surface area contributed by atoms with Crippen LogP contribution in [0, 0.1) is 0 Å². The molecular weight excluding hydrogens is 361 g/mol. The van der Waals surface area contributed by atoms with Crippen LogP contribution in [0.1, 0.15) is 19.3 Å². The van der Waals surface area contributed by atoms with Gasteiger partial charge in [-0.25, -0.2) is 13.8 Å². The molecule has 0 saturated carbocycles. The minimum absolute atomic E-state index is 0. The van der Waals surface area contributed by atoms with Gasteiger partial charge in [0.25, 0.3) is 5.92 Å². The van der Waals surface area contributed by atoms with E-state index in [1.54, 1.807) is 6.20 Å². The molecule has 9 heteroatoms. The first-order valence-corrected chi connectivity index (χ1v) is 7.61. The predicted octanol–water partition coefficient (Wildman–Crippen LogP) is 2.01. The van der Waals surface area contributed by atoms with E-state index in [-0.39, 0.29) is 36.8 Å². The number of rotatable bonds is 3. The van der Waals surface area contributed by atoms with Crippen molar-refractivity contribution in [3.8, 4) is 0 Å². The molecule has 1 amide bonds. The zero-order valence-electron chi connectivity index (χ0n) is 13.1. The van der Waals surface area contributed by atoms with E-state index in [1.807, 2.05) is 18.2 Å². The van der Waals surface area contributed by atoms with Crippen LogP contribution in [0.2, 0.25) is 0 Å². The lowest BCUT2D eigenvalue weighted by atomic mass is 10.0. The summed E-state index contributed by atoms with van der Waals surface area (Å²) in [6, 6.07) is 5.05. The molecule has 2 aliphatic rings. The number of carbonyl (C=O) groups excluding carboxylic acids is 1. The maximum Gasteiger partial charge on any atom is 0.262 e. The average molecular weight is 383 g/mol. The summed E-state index contributed by atoms with van der Waals surface area (Å²) in [5.74, 6) is -2.15. The summed E-state index contributed by atoms with van der Waals surface area (Å²) in [4.78, 5) is 18.5. The van der Waals surface area contributed by atoms with Crippen LogP contribution < -0.4 is 15.5 Å². The molecular formula is C15H22Cl2F2N4O. The Morgan fingerprint density at radius 3 is 2.54 bits per heavy atom. The van der Waals surface area contributed by atoms with Gasteiger partial charge in [-0.3, -0.25) is 10.1 Å². The summed E-state index contributed by atoms with van der Waals surface area (Å²) in [5.41, 5.74) is 0. The fraction of sp³-hybridized carbons (Fsp3) is 0.600. The Bertz CT molecular complexity index is 527. The zero-order valence-corrected chi connectivity index (χ0v) is 14.7. The third-order valence-electron chi connectivity index (χ3n) is 4.24. The molecule has 1 aromatic rings. The van der Waals surface area contributed by atoms with E-state index < -0.39 is 24.9 Å². The Balaban J connectivity index is 0.00000144. The molecule has 0 bridgehead atoms. The summed E-state index contributed by atoms with van der Waals surface area (Å²) >= 11 is 0. The van der Waals surface area contributed by atoms with Crippen molar-refractivity contribution in [3.63, 3.8) is 0 Å². The van der Waals surface area contributed by atoms with Crippen molar-refractivity contribution >= 4 is 36.5 Å². The number of nitrogens with zero attached hydrogens (tertiary/aromatic N) is 2. The Labute approximate surface area is 152 Å². The minimum Gasteiger partial charge on any atom is -0.356 e.